The number of carbonyl (C=O) groups excluding carboxylic acids is 1. The Bertz CT molecular complexity index is 335. The number of piperidine rings is 1. The lowest BCUT2D eigenvalue weighted by Gasteiger charge is -2.34. The van der Waals surface area contributed by atoms with Crippen LogP contribution in [0.2, 0.25) is 0 Å². The van der Waals surface area contributed by atoms with Crippen molar-refractivity contribution >= 4 is 5.91 Å². The van der Waals surface area contributed by atoms with Crippen molar-refractivity contribution in [1.29, 1.82) is 0 Å². The number of amides is 1. The Hall–Kier alpha value is -0.610. The van der Waals surface area contributed by atoms with Crippen LogP contribution < -0.4 is 10.6 Å². The van der Waals surface area contributed by atoms with Crippen LogP contribution in [0, 0.1) is 11.3 Å². The van der Waals surface area contributed by atoms with Crippen LogP contribution in [0.3, 0.4) is 0 Å². The summed E-state index contributed by atoms with van der Waals surface area (Å²) in [4.78, 5) is 13.6. The van der Waals surface area contributed by atoms with Crippen LogP contribution >= 0.6 is 0 Å². The lowest BCUT2D eigenvalue weighted by molar-refractivity contribution is -0.122. The highest BCUT2D eigenvalue weighted by Gasteiger charge is 2.37. The van der Waals surface area contributed by atoms with Gasteiger partial charge in [-0.1, -0.05) is 20.8 Å². The smallest absolute Gasteiger partial charge is 0.233 e. The van der Waals surface area contributed by atoms with E-state index in [1.165, 1.54) is 25.7 Å². The van der Waals surface area contributed by atoms with Gasteiger partial charge in [-0.3, -0.25) is 9.69 Å². The Kier molecular flexibility index (Phi) is 5.08. The predicted octanol–water partition coefficient (Wildman–Crippen LogP) is 1.61. The maximum Gasteiger partial charge on any atom is 0.233 e. The molecule has 0 bridgehead atoms. The van der Waals surface area contributed by atoms with E-state index < -0.39 is 0 Å². The summed E-state index contributed by atoms with van der Waals surface area (Å²) in [7, 11) is 1.71. The average Bonchev–Trinajstić information content (AvgIpc) is 2.64. The van der Waals surface area contributed by atoms with E-state index in [0.29, 0.717) is 24.0 Å². The van der Waals surface area contributed by atoms with Gasteiger partial charge in [-0.15, -0.1) is 0 Å². The molecule has 1 heterocycles. The minimum absolute atomic E-state index is 0.127. The zero-order valence-electron chi connectivity index (χ0n) is 13.5. The molecule has 116 valence electrons. The van der Waals surface area contributed by atoms with Crippen LogP contribution in [0.15, 0.2) is 0 Å². The van der Waals surface area contributed by atoms with Gasteiger partial charge in [0.15, 0.2) is 0 Å². The molecule has 1 aliphatic carbocycles. The Morgan fingerprint density at radius 3 is 2.40 bits per heavy atom. The normalized spacial score (nSPS) is 31.4. The lowest BCUT2D eigenvalue weighted by Crippen LogP contribution is -2.48. The molecule has 2 aliphatic rings. The first kappa shape index (κ1) is 15.8. The first-order valence-electron chi connectivity index (χ1n) is 8.08. The maximum atomic E-state index is 11.4. The van der Waals surface area contributed by atoms with Gasteiger partial charge < -0.3 is 10.6 Å². The fourth-order valence-electron chi connectivity index (χ4n) is 3.96. The van der Waals surface area contributed by atoms with Crippen molar-refractivity contribution < 1.29 is 4.79 Å². The standard InChI is InChI=1S/C16H31N3O/c1-12-9-16(2,3)10-14(12)18-13-5-7-19(8-6-13)11-15(20)17-4/h12-14,18H,5-11H2,1-4H3,(H,17,20)/t12-,14-/m1/s1. The number of nitrogens with one attached hydrogen (secondary N) is 2. The molecule has 0 spiro atoms. The zero-order valence-corrected chi connectivity index (χ0v) is 13.5. The van der Waals surface area contributed by atoms with E-state index in [2.05, 4.69) is 36.3 Å². The van der Waals surface area contributed by atoms with Crippen molar-refractivity contribution in [2.45, 2.75) is 58.5 Å². The molecule has 4 nitrogen and oxygen atoms in total. The molecular formula is C16H31N3O. The van der Waals surface area contributed by atoms with Crippen molar-refractivity contribution in [3.8, 4) is 0 Å². The van der Waals surface area contributed by atoms with E-state index in [-0.39, 0.29) is 5.91 Å². The Balaban J connectivity index is 1.73. The molecule has 0 radical (unpaired) electrons. The Labute approximate surface area is 123 Å². The van der Waals surface area contributed by atoms with Gasteiger partial charge in [0, 0.05) is 32.2 Å². The molecule has 1 saturated carbocycles. The van der Waals surface area contributed by atoms with Crippen LogP contribution in [0.1, 0.15) is 46.5 Å². The van der Waals surface area contributed by atoms with E-state index >= 15 is 0 Å². The minimum Gasteiger partial charge on any atom is -0.358 e. The van der Waals surface area contributed by atoms with Crippen LogP contribution in [0.25, 0.3) is 0 Å². The number of hydrogen-bond donors (Lipinski definition) is 2. The molecule has 0 aromatic heterocycles. The van der Waals surface area contributed by atoms with Gasteiger partial charge in [0.25, 0.3) is 0 Å². The molecule has 0 aromatic carbocycles. The maximum absolute atomic E-state index is 11.4. The van der Waals surface area contributed by atoms with Crippen molar-refractivity contribution in [3.05, 3.63) is 0 Å². The van der Waals surface area contributed by atoms with Crippen molar-refractivity contribution in [1.82, 2.24) is 15.5 Å². The Morgan fingerprint density at radius 2 is 1.90 bits per heavy atom. The molecule has 1 aliphatic heterocycles. The highest BCUT2D eigenvalue weighted by atomic mass is 16.1. The molecule has 0 aromatic rings. The Morgan fingerprint density at radius 1 is 1.25 bits per heavy atom. The van der Waals surface area contributed by atoms with Crippen LogP contribution in [-0.4, -0.2) is 49.6 Å². The summed E-state index contributed by atoms with van der Waals surface area (Å²) in [6.45, 7) is 9.78. The van der Waals surface area contributed by atoms with Gasteiger partial charge in [0.2, 0.25) is 5.91 Å². The molecule has 4 heteroatoms. The molecule has 2 rings (SSSR count). The van der Waals surface area contributed by atoms with E-state index in [1.54, 1.807) is 7.05 Å². The highest BCUT2D eigenvalue weighted by Crippen LogP contribution is 2.41. The fourth-order valence-corrected chi connectivity index (χ4v) is 3.96. The number of likely N-dealkylation sites (tertiary alicyclic amines) is 1. The first-order chi connectivity index (χ1) is 9.39. The second-order valence-corrected chi connectivity index (χ2v) is 7.55. The number of carbonyl (C=O) groups is 1. The summed E-state index contributed by atoms with van der Waals surface area (Å²) in [5.74, 6) is 0.913. The van der Waals surface area contributed by atoms with Gasteiger partial charge in [0.05, 0.1) is 6.54 Å². The first-order valence-corrected chi connectivity index (χ1v) is 8.08. The van der Waals surface area contributed by atoms with E-state index in [4.69, 9.17) is 0 Å². The third kappa shape index (κ3) is 4.19. The van der Waals surface area contributed by atoms with Crippen molar-refractivity contribution in [2.75, 3.05) is 26.7 Å². The van der Waals surface area contributed by atoms with E-state index in [1.807, 2.05) is 0 Å². The predicted molar refractivity (Wildman–Crippen MR) is 82.6 cm³/mol. The summed E-state index contributed by atoms with van der Waals surface area (Å²) in [5, 5.41) is 6.58. The van der Waals surface area contributed by atoms with Crippen molar-refractivity contribution in [3.63, 3.8) is 0 Å². The van der Waals surface area contributed by atoms with Crippen LogP contribution in [0.5, 0.6) is 0 Å². The number of nitrogens with zero attached hydrogens (tertiary/aromatic N) is 1. The van der Waals surface area contributed by atoms with Crippen LogP contribution in [0.4, 0.5) is 0 Å². The van der Waals surface area contributed by atoms with E-state index in [0.717, 1.165) is 19.0 Å². The number of likely N-dealkylation sites (N-methyl/N-ethyl adjacent to an activating group) is 1. The molecular weight excluding hydrogens is 250 g/mol. The minimum atomic E-state index is 0.127. The molecule has 2 N–H and O–H groups in total. The van der Waals surface area contributed by atoms with E-state index in [9.17, 15) is 4.79 Å². The third-order valence-electron chi connectivity index (χ3n) is 5.02. The van der Waals surface area contributed by atoms with Crippen molar-refractivity contribution in [2.24, 2.45) is 11.3 Å². The second-order valence-electron chi connectivity index (χ2n) is 7.55. The van der Waals surface area contributed by atoms with Gasteiger partial charge in [-0.25, -0.2) is 0 Å². The highest BCUT2D eigenvalue weighted by molar-refractivity contribution is 5.77. The summed E-state index contributed by atoms with van der Waals surface area (Å²) in [6.07, 6.45) is 4.97. The molecule has 1 saturated heterocycles. The summed E-state index contributed by atoms with van der Waals surface area (Å²) < 4.78 is 0. The molecule has 1 amide bonds. The van der Waals surface area contributed by atoms with Crippen LogP contribution in [-0.2, 0) is 4.79 Å². The number of hydrogen-bond acceptors (Lipinski definition) is 3. The second kappa shape index (κ2) is 6.44. The average molecular weight is 281 g/mol. The fraction of sp³-hybridized carbons (Fsp3) is 0.938. The molecule has 2 atom stereocenters. The topological polar surface area (TPSA) is 44.4 Å². The third-order valence-corrected chi connectivity index (χ3v) is 5.02. The largest absolute Gasteiger partial charge is 0.358 e. The van der Waals surface area contributed by atoms with Gasteiger partial charge in [-0.2, -0.15) is 0 Å². The lowest BCUT2D eigenvalue weighted by atomic mass is 9.91. The molecule has 2 fully saturated rings. The zero-order chi connectivity index (χ0) is 14.8. The van der Waals surface area contributed by atoms with Gasteiger partial charge in [-0.05, 0) is 37.0 Å². The number of rotatable bonds is 4. The molecule has 0 unspecified atom stereocenters. The summed E-state index contributed by atoms with van der Waals surface area (Å²) in [5.41, 5.74) is 0.497. The quantitative estimate of drug-likeness (QED) is 0.823. The monoisotopic (exact) mass is 281 g/mol. The summed E-state index contributed by atoms with van der Waals surface area (Å²) >= 11 is 0. The SMILES string of the molecule is CNC(=O)CN1CCC(N[C@@H]2CC(C)(C)C[C@H]2C)CC1. The molecule has 20 heavy (non-hydrogen) atoms. The van der Waals surface area contributed by atoms with Gasteiger partial charge in [0.1, 0.15) is 0 Å². The summed E-state index contributed by atoms with van der Waals surface area (Å²) in [6, 6.07) is 1.32. The van der Waals surface area contributed by atoms with Gasteiger partial charge >= 0.3 is 0 Å².